The van der Waals surface area contributed by atoms with Gasteiger partial charge in [0.2, 0.25) is 5.91 Å². The van der Waals surface area contributed by atoms with Crippen molar-refractivity contribution in [2.24, 2.45) is 0 Å². The number of hydrogen-bond acceptors (Lipinski definition) is 5. The summed E-state index contributed by atoms with van der Waals surface area (Å²) in [5, 5.41) is 7.14. The molecule has 1 aliphatic heterocycles. The van der Waals surface area contributed by atoms with Crippen LogP contribution in [0.25, 0.3) is 5.65 Å². The summed E-state index contributed by atoms with van der Waals surface area (Å²) in [4.78, 5) is 18.7. The maximum Gasteiger partial charge on any atom is 0.224 e. The van der Waals surface area contributed by atoms with Gasteiger partial charge in [-0.3, -0.25) is 4.79 Å². The van der Waals surface area contributed by atoms with Gasteiger partial charge in [0.1, 0.15) is 17.4 Å². The highest BCUT2D eigenvalue weighted by molar-refractivity contribution is 5.80. The van der Waals surface area contributed by atoms with Crippen molar-refractivity contribution >= 4 is 17.4 Å². The molecule has 0 atom stereocenters. The average Bonchev–Trinajstić information content (AvgIpc) is 3.04. The second kappa shape index (κ2) is 7.22. The smallest absolute Gasteiger partial charge is 0.224 e. The van der Waals surface area contributed by atoms with Crippen molar-refractivity contribution < 1.29 is 13.9 Å². The summed E-state index contributed by atoms with van der Waals surface area (Å²) in [5.74, 6) is 0.950. The molecule has 1 N–H and O–H groups in total. The second-order valence-corrected chi connectivity index (χ2v) is 6.56. The van der Waals surface area contributed by atoms with Gasteiger partial charge in [0, 0.05) is 37.5 Å². The molecule has 3 aromatic rings. The highest BCUT2D eigenvalue weighted by atomic mass is 19.1. The number of aromatic nitrogens is 3. The Balaban J connectivity index is 1.73. The molecule has 0 spiro atoms. The normalized spacial score (nSPS) is 15.6. The molecule has 140 valence electrons. The predicted molar refractivity (Wildman–Crippen MR) is 98.3 cm³/mol. The maximum absolute atomic E-state index is 13.8. The van der Waals surface area contributed by atoms with Crippen molar-refractivity contribution in [3.8, 4) is 5.75 Å². The van der Waals surface area contributed by atoms with E-state index in [4.69, 9.17) is 4.74 Å². The molecule has 2 aromatic heterocycles. The van der Waals surface area contributed by atoms with E-state index in [1.165, 1.54) is 12.1 Å². The number of nitrogens with one attached hydrogen (secondary N) is 1. The van der Waals surface area contributed by atoms with Crippen LogP contribution in [0.5, 0.6) is 5.75 Å². The molecule has 27 heavy (non-hydrogen) atoms. The maximum atomic E-state index is 13.8. The molecule has 8 heteroatoms. The summed E-state index contributed by atoms with van der Waals surface area (Å²) < 4.78 is 21.2. The summed E-state index contributed by atoms with van der Waals surface area (Å²) in [6.45, 7) is 1.39. The molecular weight excluding hydrogens is 349 g/mol. The summed E-state index contributed by atoms with van der Waals surface area (Å²) in [7, 11) is 1.88. The molecule has 1 aromatic carbocycles. The molecule has 0 unspecified atom stereocenters. The molecule has 0 fully saturated rings. The fourth-order valence-electron chi connectivity index (χ4n) is 3.11. The Hall–Kier alpha value is -3.16. The van der Waals surface area contributed by atoms with E-state index in [0.717, 1.165) is 11.1 Å². The van der Waals surface area contributed by atoms with E-state index in [0.29, 0.717) is 43.3 Å². The number of halogens is 1. The van der Waals surface area contributed by atoms with E-state index in [1.807, 2.05) is 18.0 Å². The fourth-order valence-corrected chi connectivity index (χ4v) is 3.11. The Morgan fingerprint density at radius 3 is 3.04 bits per heavy atom. The van der Waals surface area contributed by atoms with Crippen molar-refractivity contribution in [2.45, 2.75) is 19.4 Å². The van der Waals surface area contributed by atoms with Gasteiger partial charge in [0.05, 0.1) is 19.2 Å². The van der Waals surface area contributed by atoms with Crippen molar-refractivity contribution in [3.63, 3.8) is 0 Å². The van der Waals surface area contributed by atoms with Gasteiger partial charge in [-0.15, -0.1) is 0 Å². The number of carbonyl (C=O) groups excluding carboxylic acids is 1. The van der Waals surface area contributed by atoms with Gasteiger partial charge in [-0.1, -0.05) is 0 Å². The molecular formula is C19H20FN5O2. The molecule has 0 saturated carbocycles. The third-order valence-corrected chi connectivity index (χ3v) is 4.50. The van der Waals surface area contributed by atoms with Gasteiger partial charge >= 0.3 is 0 Å². The summed E-state index contributed by atoms with van der Waals surface area (Å²) >= 11 is 0. The fraction of sp³-hybridized carbons (Fsp3) is 0.316. The minimum atomic E-state index is -0.308. The first-order chi connectivity index (χ1) is 13.1. The number of ether oxygens (including phenoxy) is 1. The van der Waals surface area contributed by atoms with Crippen LogP contribution in [0, 0.1) is 5.82 Å². The largest absolute Gasteiger partial charge is 0.493 e. The zero-order chi connectivity index (χ0) is 18.8. The standard InChI is InChI=1S/C19H20FN5O2/c1-24-12-14-9-15(20)3-4-16(14)27-8-2-6-21-18(26)10-13-11-22-25-7-5-17(24)23-19(13)25/h3-5,7,9,11H,2,6,8,10,12H2,1H3,(H,21,26). The van der Waals surface area contributed by atoms with E-state index in [1.54, 1.807) is 23.0 Å². The topological polar surface area (TPSA) is 71.8 Å². The zero-order valence-corrected chi connectivity index (χ0v) is 15.0. The quantitative estimate of drug-likeness (QED) is 0.656. The lowest BCUT2D eigenvalue weighted by Gasteiger charge is -2.20. The minimum absolute atomic E-state index is 0.0807. The van der Waals surface area contributed by atoms with Crippen molar-refractivity contribution in [2.75, 3.05) is 25.1 Å². The highest BCUT2D eigenvalue weighted by Gasteiger charge is 2.15. The van der Waals surface area contributed by atoms with E-state index >= 15 is 0 Å². The lowest BCUT2D eigenvalue weighted by atomic mass is 10.2. The lowest BCUT2D eigenvalue weighted by Crippen LogP contribution is -2.27. The average molecular weight is 369 g/mol. The van der Waals surface area contributed by atoms with Crippen LogP contribution in [-0.4, -0.2) is 40.7 Å². The number of fused-ring (bicyclic) bond motifs is 2. The number of carbonyl (C=O) groups is 1. The molecule has 7 nitrogen and oxygen atoms in total. The van der Waals surface area contributed by atoms with E-state index in [9.17, 15) is 9.18 Å². The van der Waals surface area contributed by atoms with Crippen molar-refractivity contribution in [1.82, 2.24) is 19.9 Å². The summed E-state index contributed by atoms with van der Waals surface area (Å²) in [6.07, 6.45) is 4.35. The first-order valence-electron chi connectivity index (χ1n) is 8.82. The highest BCUT2D eigenvalue weighted by Crippen LogP contribution is 2.24. The number of anilines is 1. The van der Waals surface area contributed by atoms with E-state index in [-0.39, 0.29) is 18.1 Å². The predicted octanol–water partition coefficient (Wildman–Crippen LogP) is 1.95. The van der Waals surface area contributed by atoms with Gasteiger partial charge in [0.15, 0.2) is 5.65 Å². The molecule has 3 heterocycles. The van der Waals surface area contributed by atoms with Gasteiger partial charge in [-0.25, -0.2) is 13.9 Å². The van der Waals surface area contributed by atoms with Gasteiger partial charge in [-0.2, -0.15) is 5.10 Å². The SMILES string of the molecule is CN1Cc2cc(F)ccc2OCCCNC(=O)Cc2cnn3ccc1nc23. The second-order valence-electron chi connectivity index (χ2n) is 6.56. The van der Waals surface area contributed by atoms with Crippen LogP contribution in [0.3, 0.4) is 0 Å². The monoisotopic (exact) mass is 369 g/mol. The zero-order valence-electron chi connectivity index (χ0n) is 15.0. The van der Waals surface area contributed by atoms with Crippen LogP contribution < -0.4 is 15.0 Å². The van der Waals surface area contributed by atoms with E-state index < -0.39 is 0 Å². The molecule has 1 amide bonds. The van der Waals surface area contributed by atoms with Crippen LogP contribution in [0.4, 0.5) is 10.2 Å². The van der Waals surface area contributed by atoms with Gasteiger partial charge < -0.3 is 15.0 Å². The van der Waals surface area contributed by atoms with Crippen LogP contribution in [-0.2, 0) is 17.8 Å². The molecule has 1 aliphatic rings. The lowest BCUT2D eigenvalue weighted by molar-refractivity contribution is -0.120. The molecule has 0 radical (unpaired) electrons. The molecule has 0 aliphatic carbocycles. The third-order valence-electron chi connectivity index (χ3n) is 4.50. The Bertz CT molecular complexity index is 987. The first-order valence-corrected chi connectivity index (χ1v) is 8.82. The molecule has 4 rings (SSSR count). The van der Waals surface area contributed by atoms with Gasteiger partial charge in [-0.05, 0) is 30.7 Å². The minimum Gasteiger partial charge on any atom is -0.493 e. The summed E-state index contributed by atoms with van der Waals surface area (Å²) in [5.41, 5.74) is 2.15. The third kappa shape index (κ3) is 3.69. The number of amides is 1. The van der Waals surface area contributed by atoms with Crippen molar-refractivity contribution in [3.05, 3.63) is 53.6 Å². The Morgan fingerprint density at radius 1 is 1.26 bits per heavy atom. The Morgan fingerprint density at radius 2 is 2.15 bits per heavy atom. The van der Waals surface area contributed by atoms with E-state index in [2.05, 4.69) is 15.4 Å². The number of nitrogens with zero attached hydrogens (tertiary/aromatic N) is 4. The Labute approximate surface area is 155 Å². The van der Waals surface area contributed by atoms with Crippen LogP contribution in [0.15, 0.2) is 36.7 Å². The first kappa shape index (κ1) is 17.3. The number of benzene rings is 1. The number of rotatable bonds is 0. The molecule has 0 saturated heterocycles. The van der Waals surface area contributed by atoms with Crippen LogP contribution in [0.2, 0.25) is 0 Å². The van der Waals surface area contributed by atoms with Crippen molar-refractivity contribution in [1.29, 1.82) is 0 Å². The Kier molecular flexibility index (Phi) is 4.62. The number of hydrogen-bond donors (Lipinski definition) is 1. The van der Waals surface area contributed by atoms with Gasteiger partial charge in [0.25, 0.3) is 0 Å². The molecule has 2 bridgehead atoms. The summed E-state index contributed by atoms with van der Waals surface area (Å²) in [6, 6.07) is 6.34. The van der Waals surface area contributed by atoms with Crippen LogP contribution >= 0.6 is 0 Å². The van der Waals surface area contributed by atoms with Crippen LogP contribution in [0.1, 0.15) is 17.5 Å².